The van der Waals surface area contributed by atoms with Gasteiger partial charge in [0.25, 0.3) is 0 Å². The van der Waals surface area contributed by atoms with Crippen LogP contribution < -0.4 is 5.32 Å². The van der Waals surface area contributed by atoms with E-state index >= 15 is 0 Å². The highest BCUT2D eigenvalue weighted by Crippen LogP contribution is 2.41. The Morgan fingerprint density at radius 1 is 1.35 bits per heavy atom. The molecular weight excluding hydrogens is 422 g/mol. The Morgan fingerprint density at radius 2 is 2.13 bits per heavy atom. The van der Waals surface area contributed by atoms with Crippen LogP contribution in [0.3, 0.4) is 0 Å². The third-order valence-electron chi connectivity index (χ3n) is 6.34. The van der Waals surface area contributed by atoms with E-state index in [-0.39, 0.29) is 5.04 Å². The predicted octanol–water partition coefficient (Wildman–Crippen LogP) is 5.44. The minimum absolute atomic E-state index is 0.0396. The fourth-order valence-electron chi connectivity index (χ4n) is 3.20. The molecule has 3 N–H and O–H groups in total. The lowest BCUT2D eigenvalue weighted by molar-refractivity contribution is 0.452. The first-order valence-corrected chi connectivity index (χ1v) is 14.4. The van der Waals surface area contributed by atoms with Gasteiger partial charge < -0.3 is 10.1 Å². The van der Waals surface area contributed by atoms with Crippen molar-refractivity contribution in [3.8, 4) is 23.0 Å². The minimum atomic E-state index is -2.21. The molecule has 1 fully saturated rings. The van der Waals surface area contributed by atoms with E-state index in [2.05, 4.69) is 52.4 Å². The molecule has 0 radical (unpaired) electrons. The highest BCUT2D eigenvalue weighted by molar-refractivity contribution is 7.15. The summed E-state index contributed by atoms with van der Waals surface area (Å²) in [6, 6.07) is 6.21. The maximum Gasteiger partial charge on any atom is 0.188 e. The standard InChI is InChI=1S/C23H29N5OSSi/c1-6-15-14-24-22(26-21(15)25-20-13-18(27-28-20)16-7-8-16)19-10-9-17(30-19)11-12-23(2,3)31(4,5)29/h1,9-10,13-14,16,29H,7-8,11-12H2,2-5H3,(H2,24,25,26,27,28). The van der Waals surface area contributed by atoms with Crippen molar-refractivity contribution >= 4 is 31.3 Å². The number of hydrogen-bond acceptors (Lipinski definition) is 6. The molecule has 4 rings (SSSR count). The number of H-pyrrole nitrogens is 1. The number of rotatable bonds is 8. The number of hydrogen-bond donors (Lipinski definition) is 3. The molecule has 6 nitrogen and oxygen atoms in total. The van der Waals surface area contributed by atoms with Crippen molar-refractivity contribution in [1.82, 2.24) is 20.2 Å². The fraction of sp³-hybridized carbons (Fsp3) is 0.435. The van der Waals surface area contributed by atoms with Crippen LogP contribution in [0, 0.1) is 12.3 Å². The highest BCUT2D eigenvalue weighted by atomic mass is 32.1. The second kappa shape index (κ2) is 8.23. The van der Waals surface area contributed by atoms with Gasteiger partial charge in [-0.05, 0) is 55.9 Å². The smallest absolute Gasteiger partial charge is 0.188 e. The van der Waals surface area contributed by atoms with Crippen molar-refractivity contribution in [3.63, 3.8) is 0 Å². The Labute approximate surface area is 188 Å². The summed E-state index contributed by atoms with van der Waals surface area (Å²) in [6.07, 6.45) is 11.7. The molecule has 31 heavy (non-hydrogen) atoms. The van der Waals surface area contributed by atoms with E-state index in [1.54, 1.807) is 17.5 Å². The SMILES string of the molecule is C#Cc1cnc(-c2ccc(CCC(C)(C)[Si](C)(C)O)s2)nc1Nc1cc(C2CC2)[nH]n1. The van der Waals surface area contributed by atoms with Gasteiger partial charge in [0.1, 0.15) is 0 Å². The first kappa shape index (κ1) is 21.7. The first-order valence-electron chi connectivity index (χ1n) is 10.6. The molecule has 0 amide bonds. The largest absolute Gasteiger partial charge is 0.432 e. The molecular formula is C23H29N5OSSi. The summed E-state index contributed by atoms with van der Waals surface area (Å²) >= 11 is 1.69. The van der Waals surface area contributed by atoms with Crippen LogP contribution >= 0.6 is 11.3 Å². The molecule has 8 heteroatoms. The summed E-state index contributed by atoms with van der Waals surface area (Å²) < 4.78 is 0. The van der Waals surface area contributed by atoms with E-state index in [1.807, 2.05) is 19.2 Å². The molecule has 0 aliphatic heterocycles. The zero-order valence-electron chi connectivity index (χ0n) is 18.5. The molecule has 1 aliphatic carbocycles. The van der Waals surface area contributed by atoms with Crippen LogP contribution in [0.25, 0.3) is 10.7 Å². The molecule has 1 saturated carbocycles. The third kappa shape index (κ3) is 4.90. The molecule has 3 heterocycles. The van der Waals surface area contributed by atoms with E-state index in [9.17, 15) is 4.80 Å². The molecule has 162 valence electrons. The van der Waals surface area contributed by atoms with Crippen molar-refractivity contribution < 1.29 is 4.80 Å². The molecule has 3 aromatic rings. The summed E-state index contributed by atoms with van der Waals surface area (Å²) in [6.45, 7) is 8.35. The van der Waals surface area contributed by atoms with Crippen LogP contribution in [0.1, 0.15) is 55.2 Å². The third-order valence-corrected chi connectivity index (χ3v) is 11.0. The van der Waals surface area contributed by atoms with Crippen LogP contribution in [0.5, 0.6) is 0 Å². The molecule has 3 aromatic heterocycles. The maximum atomic E-state index is 10.5. The van der Waals surface area contributed by atoms with Crippen molar-refractivity contribution in [3.05, 3.63) is 40.5 Å². The number of aromatic nitrogens is 4. The Morgan fingerprint density at radius 3 is 2.81 bits per heavy atom. The molecule has 0 atom stereocenters. The van der Waals surface area contributed by atoms with Gasteiger partial charge in [-0.25, -0.2) is 9.97 Å². The lowest BCUT2D eigenvalue weighted by atomic mass is 10.1. The number of nitrogens with one attached hydrogen (secondary N) is 2. The lowest BCUT2D eigenvalue weighted by Crippen LogP contribution is -2.39. The zero-order chi connectivity index (χ0) is 22.2. The lowest BCUT2D eigenvalue weighted by Gasteiger charge is -2.34. The summed E-state index contributed by atoms with van der Waals surface area (Å²) in [5, 5.41) is 10.6. The number of anilines is 2. The van der Waals surface area contributed by atoms with E-state index < -0.39 is 8.32 Å². The van der Waals surface area contributed by atoms with E-state index in [4.69, 9.17) is 11.4 Å². The van der Waals surface area contributed by atoms with Crippen molar-refractivity contribution in [1.29, 1.82) is 0 Å². The summed E-state index contributed by atoms with van der Waals surface area (Å²) in [4.78, 5) is 22.0. The number of aromatic amines is 1. The van der Waals surface area contributed by atoms with Gasteiger partial charge in [-0.15, -0.1) is 17.8 Å². The van der Waals surface area contributed by atoms with Crippen molar-refractivity contribution in [2.45, 2.75) is 63.6 Å². The number of nitrogens with zero attached hydrogens (tertiary/aromatic N) is 3. The zero-order valence-corrected chi connectivity index (χ0v) is 20.3. The Kier molecular flexibility index (Phi) is 5.77. The van der Waals surface area contributed by atoms with Gasteiger partial charge in [-0.1, -0.05) is 19.8 Å². The molecule has 0 bridgehead atoms. The Hall–Kier alpha value is -2.47. The Balaban J connectivity index is 1.51. The molecule has 0 saturated heterocycles. The summed E-state index contributed by atoms with van der Waals surface area (Å²) in [5.41, 5.74) is 1.76. The Bertz CT molecular complexity index is 1120. The van der Waals surface area contributed by atoms with Crippen LogP contribution in [0.2, 0.25) is 18.1 Å². The fourth-order valence-corrected chi connectivity index (χ4v) is 4.89. The second-order valence-corrected chi connectivity index (χ2v) is 15.1. The van der Waals surface area contributed by atoms with Gasteiger partial charge in [0.2, 0.25) is 0 Å². The van der Waals surface area contributed by atoms with Crippen molar-refractivity contribution in [2.24, 2.45) is 0 Å². The average molecular weight is 452 g/mol. The van der Waals surface area contributed by atoms with E-state index in [0.717, 1.165) is 23.4 Å². The number of aryl methyl sites for hydroxylation is 1. The first-order chi connectivity index (χ1) is 14.7. The monoisotopic (exact) mass is 451 g/mol. The molecule has 0 spiro atoms. The highest BCUT2D eigenvalue weighted by Gasteiger charge is 2.37. The average Bonchev–Trinajstić information content (AvgIpc) is 3.27. The van der Waals surface area contributed by atoms with Gasteiger partial charge in [0.05, 0.1) is 10.4 Å². The van der Waals surface area contributed by atoms with Crippen LogP contribution in [0.15, 0.2) is 24.4 Å². The van der Waals surface area contributed by atoms with E-state index in [1.165, 1.54) is 17.7 Å². The van der Waals surface area contributed by atoms with Gasteiger partial charge in [0, 0.05) is 28.8 Å². The number of terminal acetylenes is 1. The van der Waals surface area contributed by atoms with Crippen LogP contribution in [0.4, 0.5) is 11.6 Å². The molecule has 1 aliphatic rings. The van der Waals surface area contributed by atoms with Crippen LogP contribution in [-0.4, -0.2) is 33.3 Å². The number of thiophene rings is 1. The summed E-state index contributed by atoms with van der Waals surface area (Å²) in [7, 11) is -2.21. The molecule has 0 aromatic carbocycles. The van der Waals surface area contributed by atoms with Crippen LogP contribution in [-0.2, 0) is 6.42 Å². The summed E-state index contributed by atoms with van der Waals surface area (Å²) in [5.74, 6) is 5.20. The van der Waals surface area contributed by atoms with Crippen molar-refractivity contribution in [2.75, 3.05) is 5.32 Å². The van der Waals surface area contributed by atoms with Gasteiger partial charge in [-0.3, -0.25) is 5.10 Å². The second-order valence-electron chi connectivity index (χ2n) is 9.42. The molecule has 0 unspecified atom stereocenters. The van der Waals surface area contributed by atoms with E-state index in [0.29, 0.717) is 28.9 Å². The normalized spacial score (nSPS) is 14.5. The quantitative estimate of drug-likeness (QED) is 0.313. The maximum absolute atomic E-state index is 10.5. The minimum Gasteiger partial charge on any atom is -0.432 e. The van der Waals surface area contributed by atoms with Gasteiger partial charge in [0.15, 0.2) is 25.8 Å². The topological polar surface area (TPSA) is 86.7 Å². The van der Waals surface area contributed by atoms with Gasteiger partial charge in [-0.2, -0.15) is 5.10 Å². The van der Waals surface area contributed by atoms with Gasteiger partial charge >= 0.3 is 0 Å². The predicted molar refractivity (Wildman–Crippen MR) is 129 cm³/mol.